The topological polar surface area (TPSA) is 9.23 Å². The zero-order valence-electron chi connectivity index (χ0n) is 9.77. The van der Waals surface area contributed by atoms with Crippen LogP contribution in [0.5, 0.6) is 0 Å². The minimum atomic E-state index is -0.265. The Hall–Kier alpha value is -0.480. The molecule has 0 aliphatic heterocycles. The molecule has 1 unspecified atom stereocenters. The number of ether oxygens (including phenoxy) is 1. The summed E-state index contributed by atoms with van der Waals surface area (Å²) in [7, 11) is 1.73. The van der Waals surface area contributed by atoms with Crippen LogP contribution < -0.4 is 0 Å². The molecular formula is C12H22O. The van der Waals surface area contributed by atoms with E-state index in [1.165, 1.54) is 0 Å². The van der Waals surface area contributed by atoms with Gasteiger partial charge in [0.1, 0.15) is 5.60 Å². The molecule has 0 bridgehead atoms. The Balaban J connectivity index is 4.38. The van der Waals surface area contributed by atoms with E-state index >= 15 is 0 Å². The van der Waals surface area contributed by atoms with Crippen LogP contribution in [0.25, 0.3) is 0 Å². The number of hydrogen-bond donors (Lipinski definition) is 0. The first-order valence-electron chi connectivity index (χ1n) is 4.97. The largest absolute Gasteiger partial charge is 0.366 e. The molecule has 0 radical (unpaired) electrons. The Bertz CT molecular complexity index is 195. The van der Waals surface area contributed by atoms with Gasteiger partial charge in [-0.05, 0) is 19.3 Å². The van der Waals surface area contributed by atoms with Crippen molar-refractivity contribution in [3.63, 3.8) is 0 Å². The standard InChI is InChI=1S/C12H22O/c1-10(2)7-8-12(5,13-6)9-11(3)4/h10-11H,9H2,1-6H3. The first-order valence-corrected chi connectivity index (χ1v) is 4.97. The fraction of sp³-hybridized carbons (Fsp3) is 0.833. The predicted octanol–water partition coefficient (Wildman–Crippen LogP) is 3.10. The van der Waals surface area contributed by atoms with Gasteiger partial charge in [-0.15, -0.1) is 0 Å². The van der Waals surface area contributed by atoms with Crippen LogP contribution in [0.4, 0.5) is 0 Å². The summed E-state index contributed by atoms with van der Waals surface area (Å²) in [4.78, 5) is 0. The molecule has 0 N–H and O–H groups in total. The Kier molecular flexibility index (Phi) is 5.10. The van der Waals surface area contributed by atoms with E-state index < -0.39 is 0 Å². The van der Waals surface area contributed by atoms with Crippen molar-refractivity contribution in [1.29, 1.82) is 0 Å². The highest BCUT2D eigenvalue weighted by Crippen LogP contribution is 2.19. The Labute approximate surface area is 82.9 Å². The highest BCUT2D eigenvalue weighted by atomic mass is 16.5. The third-order valence-corrected chi connectivity index (χ3v) is 1.87. The molecule has 13 heavy (non-hydrogen) atoms. The average Bonchev–Trinajstić information content (AvgIpc) is 2.00. The van der Waals surface area contributed by atoms with E-state index in [0.29, 0.717) is 11.8 Å². The number of methoxy groups -OCH3 is 1. The molecule has 1 atom stereocenters. The first kappa shape index (κ1) is 12.5. The molecule has 0 amide bonds. The zero-order chi connectivity index (χ0) is 10.5. The summed E-state index contributed by atoms with van der Waals surface area (Å²) in [6, 6.07) is 0. The third kappa shape index (κ3) is 5.71. The number of rotatable bonds is 3. The van der Waals surface area contributed by atoms with Crippen molar-refractivity contribution in [2.45, 2.75) is 46.6 Å². The summed E-state index contributed by atoms with van der Waals surface area (Å²) >= 11 is 0. The van der Waals surface area contributed by atoms with Crippen LogP contribution in [0.3, 0.4) is 0 Å². The molecule has 1 heteroatoms. The van der Waals surface area contributed by atoms with Crippen LogP contribution >= 0.6 is 0 Å². The molecule has 1 nitrogen and oxygen atoms in total. The normalized spacial score (nSPS) is 15.4. The van der Waals surface area contributed by atoms with Crippen LogP contribution in [-0.2, 0) is 4.74 Å². The SMILES string of the molecule is COC(C)(C#CC(C)C)CC(C)C. The smallest absolute Gasteiger partial charge is 0.125 e. The van der Waals surface area contributed by atoms with E-state index in [-0.39, 0.29) is 5.60 Å². The van der Waals surface area contributed by atoms with Crippen LogP contribution in [0.1, 0.15) is 41.0 Å². The van der Waals surface area contributed by atoms with Gasteiger partial charge in [-0.2, -0.15) is 0 Å². The van der Waals surface area contributed by atoms with Gasteiger partial charge in [0, 0.05) is 13.0 Å². The molecule has 0 aliphatic carbocycles. The van der Waals surface area contributed by atoms with Gasteiger partial charge in [0.25, 0.3) is 0 Å². The highest BCUT2D eigenvalue weighted by molar-refractivity contribution is 5.14. The van der Waals surface area contributed by atoms with Crippen LogP contribution in [0.15, 0.2) is 0 Å². The lowest BCUT2D eigenvalue weighted by Crippen LogP contribution is -2.27. The summed E-state index contributed by atoms with van der Waals surface area (Å²) < 4.78 is 5.43. The van der Waals surface area contributed by atoms with Gasteiger partial charge in [0.15, 0.2) is 0 Å². The second kappa shape index (κ2) is 5.29. The van der Waals surface area contributed by atoms with Gasteiger partial charge in [-0.25, -0.2) is 0 Å². The highest BCUT2D eigenvalue weighted by Gasteiger charge is 2.21. The molecule has 0 rings (SSSR count). The maximum Gasteiger partial charge on any atom is 0.125 e. The summed E-state index contributed by atoms with van der Waals surface area (Å²) in [6.45, 7) is 10.6. The minimum absolute atomic E-state index is 0.265. The van der Waals surface area contributed by atoms with E-state index in [1.54, 1.807) is 7.11 Å². The van der Waals surface area contributed by atoms with Crippen LogP contribution in [0, 0.1) is 23.7 Å². The Morgan fingerprint density at radius 1 is 1.23 bits per heavy atom. The zero-order valence-corrected chi connectivity index (χ0v) is 9.77. The minimum Gasteiger partial charge on any atom is -0.366 e. The van der Waals surface area contributed by atoms with Crippen molar-refractivity contribution in [2.75, 3.05) is 7.11 Å². The lowest BCUT2D eigenvalue weighted by molar-refractivity contribution is 0.0395. The molecule has 0 saturated carbocycles. The molecule has 0 heterocycles. The molecule has 0 aromatic rings. The third-order valence-electron chi connectivity index (χ3n) is 1.87. The van der Waals surface area contributed by atoms with Crippen molar-refractivity contribution >= 4 is 0 Å². The van der Waals surface area contributed by atoms with Crippen molar-refractivity contribution in [3.8, 4) is 11.8 Å². The monoisotopic (exact) mass is 182 g/mol. The van der Waals surface area contributed by atoms with E-state index in [1.807, 2.05) is 0 Å². The van der Waals surface area contributed by atoms with Crippen molar-refractivity contribution in [2.24, 2.45) is 11.8 Å². The lowest BCUT2D eigenvalue weighted by atomic mass is 9.94. The van der Waals surface area contributed by atoms with Crippen molar-refractivity contribution in [1.82, 2.24) is 0 Å². The lowest BCUT2D eigenvalue weighted by Gasteiger charge is -2.24. The molecule has 0 aromatic heterocycles. The fourth-order valence-corrected chi connectivity index (χ4v) is 1.26. The predicted molar refractivity (Wildman–Crippen MR) is 57.5 cm³/mol. The quantitative estimate of drug-likeness (QED) is 0.609. The summed E-state index contributed by atoms with van der Waals surface area (Å²) in [5.41, 5.74) is -0.265. The van der Waals surface area contributed by atoms with E-state index in [9.17, 15) is 0 Å². The molecule has 0 spiro atoms. The van der Waals surface area contributed by atoms with Crippen molar-refractivity contribution < 1.29 is 4.74 Å². The van der Waals surface area contributed by atoms with E-state index in [4.69, 9.17) is 4.74 Å². The van der Waals surface area contributed by atoms with Gasteiger partial charge in [-0.3, -0.25) is 0 Å². The molecule has 0 aromatic carbocycles. The van der Waals surface area contributed by atoms with Crippen LogP contribution in [0.2, 0.25) is 0 Å². The molecule has 0 saturated heterocycles. The van der Waals surface area contributed by atoms with E-state index in [0.717, 1.165) is 6.42 Å². The fourth-order valence-electron chi connectivity index (χ4n) is 1.26. The average molecular weight is 182 g/mol. The second-order valence-electron chi connectivity index (χ2n) is 4.46. The van der Waals surface area contributed by atoms with Crippen molar-refractivity contribution in [3.05, 3.63) is 0 Å². The Morgan fingerprint density at radius 2 is 1.77 bits per heavy atom. The summed E-state index contributed by atoms with van der Waals surface area (Å²) in [5.74, 6) is 7.41. The maximum atomic E-state index is 5.43. The first-order chi connectivity index (χ1) is 5.89. The van der Waals surface area contributed by atoms with Gasteiger partial charge in [0.2, 0.25) is 0 Å². The second-order valence-corrected chi connectivity index (χ2v) is 4.46. The number of hydrogen-bond acceptors (Lipinski definition) is 1. The maximum absolute atomic E-state index is 5.43. The molecule has 0 fully saturated rings. The summed E-state index contributed by atoms with van der Waals surface area (Å²) in [5, 5.41) is 0. The van der Waals surface area contributed by atoms with Gasteiger partial charge in [0.05, 0.1) is 0 Å². The molecular weight excluding hydrogens is 160 g/mol. The van der Waals surface area contributed by atoms with Crippen LogP contribution in [-0.4, -0.2) is 12.7 Å². The Morgan fingerprint density at radius 3 is 2.08 bits per heavy atom. The van der Waals surface area contributed by atoms with E-state index in [2.05, 4.69) is 46.5 Å². The van der Waals surface area contributed by atoms with Gasteiger partial charge in [-0.1, -0.05) is 39.5 Å². The van der Waals surface area contributed by atoms with Gasteiger partial charge >= 0.3 is 0 Å². The molecule has 76 valence electrons. The molecule has 0 aliphatic rings. The summed E-state index contributed by atoms with van der Waals surface area (Å²) in [6.07, 6.45) is 0.989. The van der Waals surface area contributed by atoms with Gasteiger partial charge < -0.3 is 4.74 Å².